The van der Waals surface area contributed by atoms with Crippen LogP contribution in [0.25, 0.3) is 0 Å². The summed E-state index contributed by atoms with van der Waals surface area (Å²) in [4.78, 5) is 0. The Hall–Kier alpha value is -0.0800. The van der Waals surface area contributed by atoms with Crippen LogP contribution in [0.3, 0.4) is 0 Å². The van der Waals surface area contributed by atoms with Crippen molar-refractivity contribution in [1.29, 1.82) is 0 Å². The van der Waals surface area contributed by atoms with Gasteiger partial charge in [-0.25, -0.2) is 0 Å². The molecule has 1 atom stereocenters. The molecule has 0 aromatic rings. The van der Waals surface area contributed by atoms with Crippen LogP contribution in [0.1, 0.15) is 46.5 Å². The van der Waals surface area contributed by atoms with E-state index in [2.05, 4.69) is 26.1 Å². The van der Waals surface area contributed by atoms with Crippen LogP contribution in [-0.4, -0.2) is 19.1 Å². The van der Waals surface area contributed by atoms with Crippen molar-refractivity contribution in [2.24, 2.45) is 11.7 Å². The second-order valence-electron chi connectivity index (χ2n) is 3.81. The van der Waals surface area contributed by atoms with E-state index in [0.29, 0.717) is 6.04 Å². The minimum absolute atomic E-state index is 0.533. The molecule has 0 bridgehead atoms. The van der Waals surface area contributed by atoms with Crippen molar-refractivity contribution < 1.29 is 0 Å². The first kappa shape index (κ1) is 12.9. The molecule has 0 aliphatic heterocycles. The summed E-state index contributed by atoms with van der Waals surface area (Å²) >= 11 is 0. The molecule has 0 aliphatic carbocycles. The average molecular weight is 186 g/mol. The van der Waals surface area contributed by atoms with E-state index >= 15 is 0 Å². The molecule has 0 saturated heterocycles. The van der Waals surface area contributed by atoms with E-state index in [9.17, 15) is 0 Å². The molecule has 1 unspecified atom stereocenters. The van der Waals surface area contributed by atoms with Crippen LogP contribution in [0.5, 0.6) is 0 Å². The van der Waals surface area contributed by atoms with Crippen molar-refractivity contribution in [2.45, 2.75) is 52.5 Å². The van der Waals surface area contributed by atoms with Gasteiger partial charge in [0.05, 0.1) is 0 Å². The van der Waals surface area contributed by atoms with Crippen LogP contribution >= 0.6 is 0 Å². The highest BCUT2D eigenvalue weighted by Gasteiger charge is 2.07. The van der Waals surface area contributed by atoms with Crippen LogP contribution in [0.4, 0.5) is 0 Å². The van der Waals surface area contributed by atoms with Gasteiger partial charge >= 0.3 is 0 Å². The molecule has 2 nitrogen and oxygen atoms in total. The minimum atomic E-state index is 0.533. The summed E-state index contributed by atoms with van der Waals surface area (Å²) in [6, 6.07) is 0.533. The third-order valence-corrected chi connectivity index (χ3v) is 2.77. The molecule has 0 saturated carbocycles. The Balaban J connectivity index is 3.56. The van der Waals surface area contributed by atoms with Crippen LogP contribution < -0.4 is 11.1 Å². The standard InChI is InChI=1S/C11H26N2/c1-4-7-11(8-12)13-9-10(5-2)6-3/h10-11,13H,4-9,12H2,1-3H3. The lowest BCUT2D eigenvalue weighted by Gasteiger charge is -2.19. The van der Waals surface area contributed by atoms with Gasteiger partial charge in [0.2, 0.25) is 0 Å². The van der Waals surface area contributed by atoms with Crippen LogP contribution in [0.15, 0.2) is 0 Å². The maximum absolute atomic E-state index is 5.67. The number of hydrogen-bond donors (Lipinski definition) is 2. The summed E-state index contributed by atoms with van der Waals surface area (Å²) in [7, 11) is 0. The Morgan fingerprint density at radius 1 is 1.15 bits per heavy atom. The smallest absolute Gasteiger partial charge is 0.0190 e. The second-order valence-corrected chi connectivity index (χ2v) is 3.81. The fourth-order valence-electron chi connectivity index (χ4n) is 1.56. The van der Waals surface area contributed by atoms with Gasteiger partial charge in [-0.3, -0.25) is 0 Å². The van der Waals surface area contributed by atoms with Gasteiger partial charge in [0.15, 0.2) is 0 Å². The number of hydrogen-bond acceptors (Lipinski definition) is 2. The van der Waals surface area contributed by atoms with Crippen molar-refractivity contribution in [3.8, 4) is 0 Å². The molecule has 80 valence electrons. The first-order chi connectivity index (χ1) is 6.28. The zero-order valence-electron chi connectivity index (χ0n) is 9.47. The molecule has 0 aliphatic rings. The fourth-order valence-corrected chi connectivity index (χ4v) is 1.56. The van der Waals surface area contributed by atoms with E-state index in [-0.39, 0.29) is 0 Å². The first-order valence-electron chi connectivity index (χ1n) is 5.71. The molecule has 0 aromatic carbocycles. The third-order valence-electron chi connectivity index (χ3n) is 2.77. The fraction of sp³-hybridized carbons (Fsp3) is 1.00. The van der Waals surface area contributed by atoms with E-state index in [0.717, 1.165) is 19.0 Å². The highest BCUT2D eigenvalue weighted by Crippen LogP contribution is 2.06. The summed E-state index contributed by atoms with van der Waals surface area (Å²) in [5.74, 6) is 0.825. The van der Waals surface area contributed by atoms with Gasteiger partial charge in [-0.15, -0.1) is 0 Å². The highest BCUT2D eigenvalue weighted by atomic mass is 14.9. The van der Waals surface area contributed by atoms with Gasteiger partial charge in [-0.2, -0.15) is 0 Å². The van der Waals surface area contributed by atoms with Gasteiger partial charge in [0, 0.05) is 12.6 Å². The molecule has 3 N–H and O–H groups in total. The second kappa shape index (κ2) is 8.52. The summed E-state index contributed by atoms with van der Waals surface area (Å²) in [6.45, 7) is 8.63. The van der Waals surface area contributed by atoms with E-state index in [1.54, 1.807) is 0 Å². The first-order valence-corrected chi connectivity index (χ1v) is 5.71. The Morgan fingerprint density at radius 2 is 1.77 bits per heavy atom. The molecule has 0 heterocycles. The Kier molecular flexibility index (Phi) is 8.46. The molecule has 0 rings (SSSR count). The van der Waals surface area contributed by atoms with Gasteiger partial charge < -0.3 is 11.1 Å². The zero-order chi connectivity index (χ0) is 10.1. The normalized spacial score (nSPS) is 13.6. The lowest BCUT2D eigenvalue weighted by Crippen LogP contribution is -2.38. The van der Waals surface area contributed by atoms with Crippen molar-refractivity contribution in [3.63, 3.8) is 0 Å². The van der Waals surface area contributed by atoms with Gasteiger partial charge in [0.25, 0.3) is 0 Å². The summed E-state index contributed by atoms with van der Waals surface area (Å²) in [5, 5.41) is 3.55. The summed E-state index contributed by atoms with van der Waals surface area (Å²) in [6.07, 6.45) is 4.97. The molecule has 0 spiro atoms. The van der Waals surface area contributed by atoms with Crippen LogP contribution in [0, 0.1) is 5.92 Å². The molecule has 0 amide bonds. The molecule has 2 heteroatoms. The summed E-state index contributed by atoms with van der Waals surface area (Å²) in [5.41, 5.74) is 5.67. The molecule has 13 heavy (non-hydrogen) atoms. The monoisotopic (exact) mass is 186 g/mol. The SMILES string of the molecule is CCCC(CN)NCC(CC)CC. The molecule has 0 radical (unpaired) electrons. The van der Waals surface area contributed by atoms with Crippen molar-refractivity contribution in [3.05, 3.63) is 0 Å². The maximum atomic E-state index is 5.67. The Labute approximate surface area is 83.3 Å². The van der Waals surface area contributed by atoms with Crippen LogP contribution in [-0.2, 0) is 0 Å². The lowest BCUT2D eigenvalue weighted by molar-refractivity contribution is 0.396. The van der Waals surface area contributed by atoms with Crippen molar-refractivity contribution >= 4 is 0 Å². The predicted octanol–water partition coefficient (Wildman–Crippen LogP) is 2.14. The van der Waals surface area contributed by atoms with Crippen molar-refractivity contribution in [2.75, 3.05) is 13.1 Å². The Bertz CT molecular complexity index is 100. The molecule has 0 aromatic heterocycles. The van der Waals surface area contributed by atoms with Crippen LogP contribution in [0.2, 0.25) is 0 Å². The van der Waals surface area contributed by atoms with Gasteiger partial charge in [0.1, 0.15) is 0 Å². The predicted molar refractivity (Wildman–Crippen MR) is 59.8 cm³/mol. The zero-order valence-corrected chi connectivity index (χ0v) is 9.47. The third kappa shape index (κ3) is 6.05. The largest absolute Gasteiger partial charge is 0.329 e. The van der Waals surface area contributed by atoms with E-state index in [4.69, 9.17) is 5.73 Å². The van der Waals surface area contributed by atoms with E-state index < -0.39 is 0 Å². The number of rotatable bonds is 8. The lowest BCUT2D eigenvalue weighted by atomic mass is 10.0. The van der Waals surface area contributed by atoms with Crippen molar-refractivity contribution in [1.82, 2.24) is 5.32 Å². The average Bonchev–Trinajstić information content (AvgIpc) is 2.17. The molecule has 0 fully saturated rings. The molecular weight excluding hydrogens is 160 g/mol. The molecular formula is C11H26N2. The quantitative estimate of drug-likeness (QED) is 0.609. The minimum Gasteiger partial charge on any atom is -0.329 e. The summed E-state index contributed by atoms with van der Waals surface area (Å²) < 4.78 is 0. The van der Waals surface area contributed by atoms with E-state index in [1.807, 2.05) is 0 Å². The number of nitrogens with one attached hydrogen (secondary N) is 1. The maximum Gasteiger partial charge on any atom is 0.0190 e. The number of nitrogens with two attached hydrogens (primary N) is 1. The Morgan fingerprint density at radius 3 is 2.15 bits per heavy atom. The topological polar surface area (TPSA) is 38.0 Å². The van der Waals surface area contributed by atoms with Gasteiger partial charge in [-0.05, 0) is 18.9 Å². The van der Waals surface area contributed by atoms with E-state index in [1.165, 1.54) is 25.7 Å². The highest BCUT2D eigenvalue weighted by molar-refractivity contribution is 4.69. The van der Waals surface area contributed by atoms with Gasteiger partial charge in [-0.1, -0.05) is 40.0 Å².